The van der Waals surface area contributed by atoms with Gasteiger partial charge in [0.2, 0.25) is 0 Å². The highest BCUT2D eigenvalue weighted by Gasteiger charge is 2.32. The molecule has 0 aliphatic carbocycles. The number of amides is 1. The fourth-order valence-electron chi connectivity index (χ4n) is 3.12. The summed E-state index contributed by atoms with van der Waals surface area (Å²) in [5, 5.41) is 10.8. The summed E-state index contributed by atoms with van der Waals surface area (Å²) in [5.74, 6) is -1.25. The molecule has 14 heteroatoms. The predicted molar refractivity (Wildman–Crippen MR) is 111 cm³/mol. The number of nitrogens with zero attached hydrogens (tertiary/aromatic N) is 4. The smallest absolute Gasteiger partial charge is 0.417 e. The fraction of sp³-hybridized carbons (Fsp3) is 0.316. The number of nitro benzene ring substituents is 1. The van der Waals surface area contributed by atoms with Crippen molar-refractivity contribution in [3.63, 3.8) is 0 Å². The SMILES string of the molecule is Nc1ccc(C(=O)OCC(=O)N2CCN(c3ncc(C(F)(F)F)cc3Cl)CC2)cc1[N+](=O)[O-]. The molecule has 1 aliphatic heterocycles. The van der Waals surface area contributed by atoms with Gasteiger partial charge in [-0.05, 0) is 18.2 Å². The van der Waals surface area contributed by atoms with Gasteiger partial charge >= 0.3 is 12.1 Å². The molecule has 0 bridgehead atoms. The van der Waals surface area contributed by atoms with Gasteiger partial charge in [0.1, 0.15) is 11.5 Å². The topological polar surface area (TPSA) is 132 Å². The van der Waals surface area contributed by atoms with Gasteiger partial charge in [-0.25, -0.2) is 9.78 Å². The molecule has 33 heavy (non-hydrogen) atoms. The Kier molecular flexibility index (Phi) is 6.91. The van der Waals surface area contributed by atoms with Crippen molar-refractivity contribution in [2.24, 2.45) is 0 Å². The monoisotopic (exact) mass is 487 g/mol. The van der Waals surface area contributed by atoms with E-state index in [-0.39, 0.29) is 48.3 Å². The van der Waals surface area contributed by atoms with Crippen molar-refractivity contribution < 1.29 is 32.4 Å². The lowest BCUT2D eigenvalue weighted by molar-refractivity contribution is -0.383. The first kappa shape index (κ1) is 24.0. The van der Waals surface area contributed by atoms with Gasteiger partial charge in [0, 0.05) is 38.4 Å². The highest BCUT2D eigenvalue weighted by molar-refractivity contribution is 6.33. The first-order valence-corrected chi connectivity index (χ1v) is 9.81. The number of nitro groups is 1. The van der Waals surface area contributed by atoms with Crippen LogP contribution in [0.1, 0.15) is 15.9 Å². The molecule has 10 nitrogen and oxygen atoms in total. The fourth-order valence-corrected chi connectivity index (χ4v) is 3.40. The number of hydrogen-bond acceptors (Lipinski definition) is 8. The second-order valence-corrected chi connectivity index (χ2v) is 7.41. The zero-order chi connectivity index (χ0) is 24.3. The number of anilines is 2. The van der Waals surface area contributed by atoms with Crippen LogP contribution in [0, 0.1) is 10.1 Å². The molecule has 1 fully saturated rings. The maximum absolute atomic E-state index is 12.8. The van der Waals surface area contributed by atoms with Crippen LogP contribution in [0.3, 0.4) is 0 Å². The maximum Gasteiger partial charge on any atom is 0.417 e. The molecule has 1 amide bonds. The number of pyridine rings is 1. The molecule has 3 rings (SSSR count). The highest BCUT2D eigenvalue weighted by Crippen LogP contribution is 2.33. The molecule has 1 aromatic carbocycles. The molecule has 2 aromatic rings. The molecule has 0 saturated carbocycles. The summed E-state index contributed by atoms with van der Waals surface area (Å²) < 4.78 is 43.2. The number of benzene rings is 1. The first-order valence-electron chi connectivity index (χ1n) is 9.44. The van der Waals surface area contributed by atoms with Crippen molar-refractivity contribution in [3.8, 4) is 0 Å². The quantitative estimate of drug-likeness (QED) is 0.295. The Hall–Kier alpha value is -3.61. The van der Waals surface area contributed by atoms with E-state index < -0.39 is 40.8 Å². The summed E-state index contributed by atoms with van der Waals surface area (Å²) in [6, 6.07) is 4.19. The zero-order valence-electron chi connectivity index (χ0n) is 16.8. The van der Waals surface area contributed by atoms with Crippen molar-refractivity contribution in [2.75, 3.05) is 43.4 Å². The van der Waals surface area contributed by atoms with Crippen LogP contribution >= 0.6 is 11.6 Å². The largest absolute Gasteiger partial charge is 0.452 e. The lowest BCUT2D eigenvalue weighted by Gasteiger charge is -2.35. The number of halogens is 4. The third kappa shape index (κ3) is 5.61. The molecule has 0 unspecified atom stereocenters. The first-order chi connectivity index (χ1) is 15.5. The standard InChI is InChI=1S/C19H17ClF3N5O5/c20-13-8-12(19(21,22)23)9-25-17(13)27-5-3-26(4-6-27)16(29)10-33-18(30)11-1-2-14(24)15(7-11)28(31)32/h1-2,7-9H,3-6,10,24H2. The molecule has 176 valence electrons. The number of carbonyl (C=O) groups is 2. The van der Waals surface area contributed by atoms with Gasteiger partial charge in [-0.1, -0.05) is 11.6 Å². The van der Waals surface area contributed by atoms with Gasteiger partial charge < -0.3 is 20.3 Å². The molecular formula is C19H17ClF3N5O5. The molecule has 0 spiro atoms. The third-order valence-electron chi connectivity index (χ3n) is 4.87. The minimum atomic E-state index is -4.56. The Labute approximate surface area is 189 Å². The van der Waals surface area contributed by atoms with Crippen LogP contribution in [0.2, 0.25) is 5.02 Å². The second-order valence-electron chi connectivity index (χ2n) is 7.00. The van der Waals surface area contributed by atoms with Crippen LogP contribution in [0.15, 0.2) is 30.5 Å². The molecule has 2 N–H and O–H groups in total. The lowest BCUT2D eigenvalue weighted by atomic mass is 10.2. The number of ether oxygens (including phenoxy) is 1. The van der Waals surface area contributed by atoms with Crippen molar-refractivity contribution in [1.82, 2.24) is 9.88 Å². The molecule has 1 aliphatic rings. The maximum atomic E-state index is 12.8. The average Bonchev–Trinajstić information content (AvgIpc) is 2.76. The number of alkyl halides is 3. The number of carbonyl (C=O) groups excluding carboxylic acids is 2. The van der Waals surface area contributed by atoms with Crippen molar-refractivity contribution in [1.29, 1.82) is 0 Å². The summed E-state index contributed by atoms with van der Waals surface area (Å²) >= 11 is 5.96. The highest BCUT2D eigenvalue weighted by atomic mass is 35.5. The number of nitrogen functional groups attached to an aromatic ring is 1. The number of nitrogens with two attached hydrogens (primary N) is 1. The lowest BCUT2D eigenvalue weighted by Crippen LogP contribution is -2.50. The van der Waals surface area contributed by atoms with Crippen molar-refractivity contribution in [3.05, 3.63) is 56.7 Å². The van der Waals surface area contributed by atoms with E-state index in [4.69, 9.17) is 22.1 Å². The molecule has 0 atom stereocenters. The Bertz CT molecular complexity index is 1090. The normalized spacial score (nSPS) is 14.2. The minimum Gasteiger partial charge on any atom is -0.452 e. The number of hydrogen-bond donors (Lipinski definition) is 1. The summed E-state index contributed by atoms with van der Waals surface area (Å²) in [6.45, 7) is 0.311. The van der Waals surface area contributed by atoms with Crippen LogP contribution in [0.25, 0.3) is 0 Å². The molecule has 0 radical (unpaired) electrons. The van der Waals surface area contributed by atoms with Gasteiger partial charge in [-0.2, -0.15) is 13.2 Å². The van der Waals surface area contributed by atoms with E-state index >= 15 is 0 Å². The molecule has 1 aromatic heterocycles. The summed E-state index contributed by atoms with van der Waals surface area (Å²) in [6.07, 6.45) is -3.87. The van der Waals surface area contributed by atoms with Gasteiger partial charge in [-0.3, -0.25) is 14.9 Å². The van der Waals surface area contributed by atoms with Gasteiger partial charge in [0.25, 0.3) is 11.6 Å². The van der Waals surface area contributed by atoms with Crippen molar-refractivity contribution in [2.45, 2.75) is 6.18 Å². The van der Waals surface area contributed by atoms with E-state index in [0.29, 0.717) is 6.20 Å². The average molecular weight is 488 g/mol. The van der Waals surface area contributed by atoms with Crippen LogP contribution in [0.4, 0.5) is 30.4 Å². The van der Waals surface area contributed by atoms with Crippen LogP contribution in [-0.2, 0) is 15.7 Å². The number of rotatable bonds is 5. The van der Waals surface area contributed by atoms with Crippen LogP contribution < -0.4 is 10.6 Å². The Morgan fingerprint density at radius 2 is 1.88 bits per heavy atom. The van der Waals surface area contributed by atoms with Crippen molar-refractivity contribution >= 4 is 40.7 Å². The van der Waals surface area contributed by atoms with Gasteiger partial charge in [-0.15, -0.1) is 0 Å². The van der Waals surface area contributed by atoms with E-state index in [1.165, 1.54) is 17.0 Å². The minimum absolute atomic E-state index is 0.117. The molecule has 2 heterocycles. The third-order valence-corrected chi connectivity index (χ3v) is 5.15. The number of esters is 1. The number of aromatic nitrogens is 1. The van der Waals surface area contributed by atoms with Gasteiger partial charge in [0.05, 0.1) is 21.1 Å². The van der Waals surface area contributed by atoms with E-state index in [9.17, 15) is 32.9 Å². The molecule has 1 saturated heterocycles. The Morgan fingerprint density at radius 1 is 1.21 bits per heavy atom. The summed E-state index contributed by atoms with van der Waals surface area (Å²) in [5.41, 5.74) is 3.82. The van der Waals surface area contributed by atoms with E-state index in [2.05, 4.69) is 4.98 Å². The number of piperazine rings is 1. The molecular weight excluding hydrogens is 471 g/mol. The zero-order valence-corrected chi connectivity index (χ0v) is 17.6. The van der Waals surface area contributed by atoms with Gasteiger partial charge in [0.15, 0.2) is 6.61 Å². The Morgan fingerprint density at radius 3 is 2.45 bits per heavy atom. The van der Waals surface area contributed by atoms with E-state index in [0.717, 1.165) is 12.1 Å². The van der Waals surface area contributed by atoms with E-state index in [1.54, 1.807) is 4.90 Å². The Balaban J connectivity index is 1.54. The summed E-state index contributed by atoms with van der Waals surface area (Å²) in [4.78, 5) is 41.5. The summed E-state index contributed by atoms with van der Waals surface area (Å²) in [7, 11) is 0. The van der Waals surface area contributed by atoms with Crippen LogP contribution in [-0.4, -0.2) is 59.5 Å². The second kappa shape index (κ2) is 9.48. The van der Waals surface area contributed by atoms with E-state index in [1.807, 2.05) is 0 Å². The predicted octanol–water partition coefficient (Wildman–Crippen LogP) is 2.75. The van der Waals surface area contributed by atoms with Crippen LogP contribution in [0.5, 0.6) is 0 Å².